The molecule has 0 aliphatic rings. The SMILES string of the molecule is CC(C)(CO)NS(=O)(=O)c1cncs1. The highest BCUT2D eigenvalue weighted by molar-refractivity contribution is 7.91. The molecule has 0 saturated carbocycles. The Morgan fingerprint density at radius 3 is 2.71 bits per heavy atom. The average Bonchev–Trinajstić information content (AvgIpc) is 2.54. The molecule has 0 aliphatic carbocycles. The van der Waals surface area contributed by atoms with Gasteiger partial charge in [0.2, 0.25) is 0 Å². The Labute approximate surface area is 86.9 Å². The number of aliphatic hydroxyl groups is 1. The average molecular weight is 236 g/mol. The maximum atomic E-state index is 11.6. The predicted octanol–water partition coefficient (Wildman–Crippen LogP) is 0.192. The zero-order valence-corrected chi connectivity index (χ0v) is 9.52. The van der Waals surface area contributed by atoms with Crippen molar-refractivity contribution in [1.82, 2.24) is 9.71 Å². The minimum Gasteiger partial charge on any atom is -0.394 e. The molecule has 14 heavy (non-hydrogen) atoms. The molecule has 0 fully saturated rings. The lowest BCUT2D eigenvalue weighted by Gasteiger charge is -2.22. The highest BCUT2D eigenvalue weighted by Gasteiger charge is 2.26. The molecule has 0 atom stereocenters. The molecule has 0 amide bonds. The van der Waals surface area contributed by atoms with Crippen LogP contribution in [0, 0.1) is 0 Å². The number of aliphatic hydroxyl groups excluding tert-OH is 1. The van der Waals surface area contributed by atoms with E-state index in [1.807, 2.05) is 0 Å². The van der Waals surface area contributed by atoms with Crippen LogP contribution in [0.4, 0.5) is 0 Å². The van der Waals surface area contributed by atoms with Gasteiger partial charge in [-0.25, -0.2) is 13.1 Å². The van der Waals surface area contributed by atoms with Gasteiger partial charge in [-0.3, -0.25) is 4.98 Å². The number of hydrogen-bond acceptors (Lipinski definition) is 5. The standard InChI is InChI=1S/C7H12N2O3S2/c1-7(2,4-10)9-14(11,12)6-3-8-5-13-6/h3,5,9-10H,4H2,1-2H3. The summed E-state index contributed by atoms with van der Waals surface area (Å²) in [5.41, 5.74) is 0.587. The molecule has 1 aromatic rings. The summed E-state index contributed by atoms with van der Waals surface area (Å²) in [6, 6.07) is 0. The number of rotatable bonds is 4. The van der Waals surface area contributed by atoms with E-state index in [4.69, 9.17) is 5.11 Å². The van der Waals surface area contributed by atoms with E-state index in [2.05, 4.69) is 9.71 Å². The third kappa shape index (κ3) is 2.74. The lowest BCUT2D eigenvalue weighted by Crippen LogP contribution is -2.45. The fourth-order valence-electron chi connectivity index (χ4n) is 0.783. The topological polar surface area (TPSA) is 79.3 Å². The van der Waals surface area contributed by atoms with E-state index in [0.717, 1.165) is 11.3 Å². The van der Waals surface area contributed by atoms with Crippen LogP contribution in [0.3, 0.4) is 0 Å². The van der Waals surface area contributed by atoms with E-state index in [9.17, 15) is 8.42 Å². The molecule has 0 aliphatic heterocycles. The van der Waals surface area contributed by atoms with Crippen LogP contribution >= 0.6 is 11.3 Å². The van der Waals surface area contributed by atoms with Crippen LogP contribution in [-0.4, -0.2) is 30.7 Å². The summed E-state index contributed by atoms with van der Waals surface area (Å²) in [6.45, 7) is 2.95. The van der Waals surface area contributed by atoms with Crippen molar-refractivity contribution >= 4 is 21.4 Å². The quantitative estimate of drug-likeness (QED) is 0.782. The van der Waals surface area contributed by atoms with Crippen LogP contribution in [0.5, 0.6) is 0 Å². The van der Waals surface area contributed by atoms with Crippen molar-refractivity contribution in [2.45, 2.75) is 23.6 Å². The molecule has 1 rings (SSSR count). The Bertz CT molecular complexity index is 383. The van der Waals surface area contributed by atoms with E-state index in [1.165, 1.54) is 11.7 Å². The van der Waals surface area contributed by atoms with E-state index in [1.54, 1.807) is 13.8 Å². The van der Waals surface area contributed by atoms with E-state index >= 15 is 0 Å². The monoisotopic (exact) mass is 236 g/mol. The summed E-state index contributed by atoms with van der Waals surface area (Å²) in [4.78, 5) is 3.68. The van der Waals surface area contributed by atoms with Gasteiger partial charge in [0, 0.05) is 0 Å². The van der Waals surface area contributed by atoms with Gasteiger partial charge >= 0.3 is 0 Å². The van der Waals surface area contributed by atoms with Crippen LogP contribution in [-0.2, 0) is 10.0 Å². The number of nitrogens with zero attached hydrogens (tertiary/aromatic N) is 1. The fraction of sp³-hybridized carbons (Fsp3) is 0.571. The first-order valence-corrected chi connectivity index (χ1v) is 6.27. The van der Waals surface area contributed by atoms with Gasteiger partial charge in [0.1, 0.15) is 0 Å². The Balaban J connectivity index is 2.89. The maximum Gasteiger partial charge on any atom is 0.252 e. The summed E-state index contributed by atoms with van der Waals surface area (Å²) < 4.78 is 25.8. The van der Waals surface area contributed by atoms with Gasteiger partial charge in [-0.05, 0) is 13.8 Å². The van der Waals surface area contributed by atoms with Crippen LogP contribution in [0.2, 0.25) is 0 Å². The molecule has 2 N–H and O–H groups in total. The molecule has 1 aromatic heterocycles. The molecular weight excluding hydrogens is 224 g/mol. The van der Waals surface area contributed by atoms with E-state index < -0.39 is 15.6 Å². The lowest BCUT2D eigenvalue weighted by molar-refractivity contribution is 0.208. The predicted molar refractivity (Wildman–Crippen MR) is 53.6 cm³/mol. The van der Waals surface area contributed by atoms with Gasteiger partial charge in [0.15, 0.2) is 4.21 Å². The molecule has 0 aromatic carbocycles. The normalized spacial score (nSPS) is 13.1. The zero-order chi connectivity index (χ0) is 10.8. The summed E-state index contributed by atoms with van der Waals surface area (Å²) >= 11 is 1.04. The highest BCUT2D eigenvalue weighted by atomic mass is 32.2. The smallest absolute Gasteiger partial charge is 0.252 e. The van der Waals surface area contributed by atoms with Crippen molar-refractivity contribution < 1.29 is 13.5 Å². The summed E-state index contributed by atoms with van der Waals surface area (Å²) in [5.74, 6) is 0. The molecule has 0 spiro atoms. The van der Waals surface area contributed by atoms with Crippen LogP contribution in [0.1, 0.15) is 13.8 Å². The number of sulfonamides is 1. The molecule has 80 valence electrons. The Kier molecular flexibility index (Phi) is 3.25. The van der Waals surface area contributed by atoms with Crippen molar-refractivity contribution in [2.75, 3.05) is 6.61 Å². The highest BCUT2D eigenvalue weighted by Crippen LogP contribution is 2.15. The maximum absolute atomic E-state index is 11.6. The van der Waals surface area contributed by atoms with E-state index in [-0.39, 0.29) is 10.8 Å². The number of nitrogens with one attached hydrogen (secondary N) is 1. The van der Waals surface area contributed by atoms with Crippen molar-refractivity contribution in [1.29, 1.82) is 0 Å². The lowest BCUT2D eigenvalue weighted by atomic mass is 10.1. The van der Waals surface area contributed by atoms with E-state index in [0.29, 0.717) is 0 Å². The third-order valence-electron chi connectivity index (χ3n) is 1.48. The second-order valence-corrected chi connectivity index (χ2v) is 6.26. The van der Waals surface area contributed by atoms with Crippen molar-refractivity contribution in [3.05, 3.63) is 11.7 Å². The first kappa shape index (κ1) is 11.6. The third-order valence-corrected chi connectivity index (χ3v) is 4.45. The molecule has 1 heterocycles. The minimum atomic E-state index is -3.54. The minimum absolute atomic E-state index is 0.152. The Morgan fingerprint density at radius 2 is 2.29 bits per heavy atom. The molecule has 5 nitrogen and oxygen atoms in total. The number of aromatic nitrogens is 1. The second kappa shape index (κ2) is 3.93. The van der Waals surface area contributed by atoms with Gasteiger partial charge in [0.25, 0.3) is 10.0 Å². The van der Waals surface area contributed by atoms with Crippen molar-refractivity contribution in [3.63, 3.8) is 0 Å². The second-order valence-electron chi connectivity index (χ2n) is 3.47. The molecule has 7 heteroatoms. The molecule has 0 unspecified atom stereocenters. The van der Waals surface area contributed by atoms with Crippen molar-refractivity contribution in [2.24, 2.45) is 0 Å². The summed E-state index contributed by atoms with van der Waals surface area (Å²) in [6.07, 6.45) is 1.28. The first-order chi connectivity index (χ1) is 6.37. The van der Waals surface area contributed by atoms with Gasteiger partial charge < -0.3 is 5.11 Å². The van der Waals surface area contributed by atoms with Gasteiger partial charge in [0.05, 0.1) is 23.9 Å². The first-order valence-electron chi connectivity index (χ1n) is 3.91. The van der Waals surface area contributed by atoms with Gasteiger partial charge in [-0.1, -0.05) is 0 Å². The summed E-state index contributed by atoms with van der Waals surface area (Å²) in [7, 11) is -3.54. The molecule has 0 radical (unpaired) electrons. The molecule has 0 bridgehead atoms. The van der Waals surface area contributed by atoms with Gasteiger partial charge in [-0.15, -0.1) is 11.3 Å². The zero-order valence-electron chi connectivity index (χ0n) is 7.89. The number of hydrogen-bond donors (Lipinski definition) is 2. The largest absolute Gasteiger partial charge is 0.394 e. The van der Waals surface area contributed by atoms with Crippen LogP contribution < -0.4 is 4.72 Å². The van der Waals surface area contributed by atoms with Crippen LogP contribution in [0.15, 0.2) is 15.9 Å². The van der Waals surface area contributed by atoms with Gasteiger partial charge in [-0.2, -0.15) is 0 Å². The Morgan fingerprint density at radius 1 is 1.64 bits per heavy atom. The molecular formula is C7H12N2O3S2. The Hall–Kier alpha value is -0.500. The molecule has 0 saturated heterocycles. The van der Waals surface area contributed by atoms with Crippen molar-refractivity contribution in [3.8, 4) is 0 Å². The summed E-state index contributed by atoms with van der Waals surface area (Å²) in [5, 5.41) is 8.92. The fourth-order valence-corrected chi connectivity index (χ4v) is 2.98. The number of thiazole rings is 1. The van der Waals surface area contributed by atoms with Crippen LogP contribution in [0.25, 0.3) is 0 Å².